The molecule has 1 saturated heterocycles. The summed E-state index contributed by atoms with van der Waals surface area (Å²) in [5, 5.41) is 28.8. The Morgan fingerprint density at radius 1 is 1.18 bits per heavy atom. The van der Waals surface area contributed by atoms with Gasteiger partial charge in [0.05, 0.1) is 24.4 Å². The molecular formula is C18H19ClF2N6O9P2. The lowest BCUT2D eigenvalue weighted by molar-refractivity contribution is -0.0541. The number of hydrazone groups is 1. The summed E-state index contributed by atoms with van der Waals surface area (Å²) in [5.74, 6) is -3.49. The standard InChI is InChI=1S/C18H19ClF2N6O9P2/c19-18-24-15(26-22-4-8-1-2-10(20)11(21)3-8)9-5-23-27(16(9)25-18)17-14(29)13(28)12(36-17)6-35-38(33,34)7-37(30,31)32/h1-5,12-14,17,28-29H,6-7H2,(H,33,34)(H,24,25,26)(H2,30,31,32)/b22-4+/t12-,13-,14-,17-/m1/s1. The van der Waals surface area contributed by atoms with E-state index in [2.05, 4.69) is 30.1 Å². The lowest BCUT2D eigenvalue weighted by Crippen LogP contribution is -2.33. The molecule has 0 spiro atoms. The average molecular weight is 599 g/mol. The Morgan fingerprint density at radius 3 is 2.61 bits per heavy atom. The van der Waals surface area contributed by atoms with Crippen LogP contribution in [-0.2, 0) is 18.4 Å². The normalized spacial score (nSPS) is 23.8. The van der Waals surface area contributed by atoms with Crippen molar-refractivity contribution in [2.75, 3.05) is 17.9 Å². The van der Waals surface area contributed by atoms with Crippen LogP contribution in [0, 0.1) is 11.6 Å². The van der Waals surface area contributed by atoms with Crippen molar-refractivity contribution in [3.63, 3.8) is 0 Å². The number of aliphatic hydroxyl groups excluding tert-OH is 2. The summed E-state index contributed by atoms with van der Waals surface area (Å²) in [7, 11) is -9.61. The predicted octanol–water partition coefficient (Wildman–Crippen LogP) is 1.16. The minimum Gasteiger partial charge on any atom is -0.387 e. The molecule has 0 saturated carbocycles. The lowest BCUT2D eigenvalue weighted by atomic mass is 10.1. The molecule has 6 N–H and O–H groups in total. The first kappa shape index (κ1) is 28.6. The maximum absolute atomic E-state index is 13.4. The molecule has 1 aromatic carbocycles. The van der Waals surface area contributed by atoms with Crippen molar-refractivity contribution in [3.05, 3.63) is 46.9 Å². The van der Waals surface area contributed by atoms with E-state index in [-0.39, 0.29) is 27.7 Å². The van der Waals surface area contributed by atoms with Gasteiger partial charge in [-0.2, -0.15) is 20.2 Å². The van der Waals surface area contributed by atoms with Crippen molar-refractivity contribution in [1.82, 2.24) is 19.7 Å². The molecule has 0 amide bonds. The highest BCUT2D eigenvalue weighted by atomic mass is 35.5. The van der Waals surface area contributed by atoms with Gasteiger partial charge in [-0.1, -0.05) is 6.07 Å². The molecule has 4 rings (SSSR count). The third-order valence-corrected chi connectivity index (χ3v) is 8.76. The molecule has 3 heterocycles. The summed E-state index contributed by atoms with van der Waals surface area (Å²) < 4.78 is 60.6. The van der Waals surface area contributed by atoms with Gasteiger partial charge in [-0.05, 0) is 29.3 Å². The highest BCUT2D eigenvalue weighted by molar-refractivity contribution is 7.70. The number of aliphatic hydroxyl groups is 2. The molecule has 20 heteroatoms. The van der Waals surface area contributed by atoms with E-state index in [1.807, 2.05) is 0 Å². The molecule has 1 fully saturated rings. The van der Waals surface area contributed by atoms with Gasteiger partial charge in [0, 0.05) is 0 Å². The molecule has 1 aliphatic rings. The van der Waals surface area contributed by atoms with Gasteiger partial charge >= 0.3 is 15.2 Å². The first-order valence-corrected chi connectivity index (χ1v) is 14.4. The van der Waals surface area contributed by atoms with Crippen LogP contribution in [0.1, 0.15) is 11.8 Å². The second kappa shape index (κ2) is 11.0. The van der Waals surface area contributed by atoms with Crippen LogP contribution >= 0.6 is 26.8 Å². The fraction of sp³-hybridized carbons (Fsp3) is 0.333. The quantitative estimate of drug-likeness (QED) is 0.0881. The molecule has 2 aromatic heterocycles. The zero-order valence-electron chi connectivity index (χ0n) is 18.7. The first-order valence-electron chi connectivity index (χ1n) is 10.4. The molecule has 0 bridgehead atoms. The number of hydrogen-bond acceptors (Lipinski definition) is 11. The summed E-state index contributed by atoms with van der Waals surface area (Å²) in [6.07, 6.45) is -3.61. The van der Waals surface area contributed by atoms with Gasteiger partial charge in [-0.15, -0.1) is 0 Å². The van der Waals surface area contributed by atoms with E-state index in [0.717, 1.165) is 16.8 Å². The maximum Gasteiger partial charge on any atom is 0.340 e. The van der Waals surface area contributed by atoms with Crippen LogP contribution in [-0.4, -0.2) is 81.7 Å². The molecule has 1 aliphatic heterocycles. The topological polar surface area (TPSA) is 222 Å². The van der Waals surface area contributed by atoms with Gasteiger partial charge in [0.15, 0.2) is 35.2 Å². The lowest BCUT2D eigenvalue weighted by Gasteiger charge is -2.18. The second-order valence-electron chi connectivity index (χ2n) is 8.00. The molecule has 0 radical (unpaired) electrons. The van der Waals surface area contributed by atoms with Gasteiger partial charge in [0.2, 0.25) is 5.28 Å². The van der Waals surface area contributed by atoms with E-state index in [9.17, 15) is 33.0 Å². The summed E-state index contributed by atoms with van der Waals surface area (Å²) >= 11 is 6.00. The highest BCUT2D eigenvalue weighted by Crippen LogP contribution is 2.55. The van der Waals surface area contributed by atoms with Crippen molar-refractivity contribution in [1.29, 1.82) is 0 Å². The summed E-state index contributed by atoms with van der Waals surface area (Å²) in [5.41, 5.74) is 2.82. The number of aromatic nitrogens is 4. The van der Waals surface area contributed by atoms with E-state index in [1.54, 1.807) is 0 Å². The number of fused-ring (bicyclic) bond motifs is 1. The molecular weight excluding hydrogens is 580 g/mol. The van der Waals surface area contributed by atoms with E-state index in [4.69, 9.17) is 26.1 Å². The van der Waals surface area contributed by atoms with Crippen LogP contribution in [0.4, 0.5) is 14.6 Å². The van der Waals surface area contributed by atoms with Crippen LogP contribution in [0.15, 0.2) is 29.5 Å². The number of hydrogen-bond donors (Lipinski definition) is 6. The number of anilines is 1. The largest absolute Gasteiger partial charge is 0.387 e. The van der Waals surface area contributed by atoms with Crippen molar-refractivity contribution >= 4 is 49.9 Å². The summed E-state index contributed by atoms with van der Waals surface area (Å²) in [6, 6.07) is 3.14. The number of ether oxygens (including phenoxy) is 1. The minimum atomic E-state index is -4.87. The van der Waals surface area contributed by atoms with Crippen LogP contribution in [0.2, 0.25) is 5.28 Å². The summed E-state index contributed by atoms with van der Waals surface area (Å²) in [6.45, 7) is -0.789. The third kappa shape index (κ3) is 6.58. The zero-order chi connectivity index (χ0) is 27.8. The van der Waals surface area contributed by atoms with Gasteiger partial charge in [-0.25, -0.2) is 13.5 Å². The van der Waals surface area contributed by atoms with Gasteiger partial charge in [0.25, 0.3) is 0 Å². The number of nitrogens with zero attached hydrogens (tertiary/aromatic N) is 5. The van der Waals surface area contributed by atoms with Crippen molar-refractivity contribution < 1.29 is 52.1 Å². The molecule has 5 atom stereocenters. The Balaban J connectivity index is 1.52. The zero-order valence-corrected chi connectivity index (χ0v) is 21.3. The van der Waals surface area contributed by atoms with Crippen LogP contribution < -0.4 is 5.43 Å². The van der Waals surface area contributed by atoms with Gasteiger partial charge in [0.1, 0.15) is 18.3 Å². The van der Waals surface area contributed by atoms with Crippen molar-refractivity contribution in [3.8, 4) is 0 Å². The molecule has 38 heavy (non-hydrogen) atoms. The van der Waals surface area contributed by atoms with Crippen LogP contribution in [0.3, 0.4) is 0 Å². The van der Waals surface area contributed by atoms with Gasteiger partial charge in [-0.3, -0.25) is 14.6 Å². The average Bonchev–Trinajstić information content (AvgIpc) is 3.34. The Kier molecular flexibility index (Phi) is 8.26. The summed E-state index contributed by atoms with van der Waals surface area (Å²) in [4.78, 5) is 35.4. The molecule has 3 aromatic rings. The van der Waals surface area contributed by atoms with Crippen LogP contribution in [0.5, 0.6) is 0 Å². The minimum absolute atomic E-state index is 0.0164. The van der Waals surface area contributed by atoms with E-state index >= 15 is 0 Å². The smallest absolute Gasteiger partial charge is 0.340 e. The SMILES string of the molecule is O=P(O)(O)CP(=O)(O)OC[C@H]1O[C@@H](n2ncc3c(N/N=C/c4ccc(F)c(F)c4)nc(Cl)nc32)[C@H](O)[C@@H]1O. The Hall–Kier alpha value is -2.43. The number of nitrogens with one attached hydrogen (secondary N) is 1. The van der Waals surface area contributed by atoms with Crippen molar-refractivity contribution in [2.45, 2.75) is 24.5 Å². The number of benzene rings is 1. The number of rotatable bonds is 9. The Morgan fingerprint density at radius 2 is 1.92 bits per heavy atom. The van der Waals surface area contributed by atoms with E-state index < -0.39 is 63.9 Å². The van der Waals surface area contributed by atoms with Gasteiger partial charge < -0.3 is 34.2 Å². The molecule has 1 unspecified atom stereocenters. The highest BCUT2D eigenvalue weighted by Gasteiger charge is 2.46. The van der Waals surface area contributed by atoms with E-state index in [1.165, 1.54) is 18.5 Å². The fourth-order valence-corrected chi connectivity index (χ4v) is 6.20. The maximum atomic E-state index is 13.4. The predicted molar refractivity (Wildman–Crippen MR) is 127 cm³/mol. The molecule has 15 nitrogen and oxygen atoms in total. The van der Waals surface area contributed by atoms with Crippen molar-refractivity contribution in [2.24, 2.45) is 5.10 Å². The third-order valence-electron chi connectivity index (χ3n) is 5.14. The Labute approximate surface area is 216 Å². The molecule has 0 aliphatic carbocycles. The number of halogens is 3. The second-order valence-corrected chi connectivity index (χ2v) is 12.3. The fourth-order valence-electron chi connectivity index (χ4n) is 3.46. The monoisotopic (exact) mass is 598 g/mol. The molecule has 206 valence electrons. The Bertz CT molecular complexity index is 1470. The van der Waals surface area contributed by atoms with Crippen LogP contribution in [0.25, 0.3) is 11.0 Å². The van der Waals surface area contributed by atoms with E-state index in [0.29, 0.717) is 0 Å². The first-order chi connectivity index (χ1) is 17.7.